The van der Waals surface area contributed by atoms with Gasteiger partial charge >= 0.3 is 0 Å². The van der Waals surface area contributed by atoms with Crippen LogP contribution in [0.25, 0.3) is 22.3 Å². The Labute approximate surface area is 176 Å². The van der Waals surface area contributed by atoms with E-state index >= 15 is 0 Å². The second kappa shape index (κ2) is 8.72. The van der Waals surface area contributed by atoms with Gasteiger partial charge in [-0.25, -0.2) is 0 Å². The van der Waals surface area contributed by atoms with E-state index in [0.29, 0.717) is 33.9 Å². The summed E-state index contributed by atoms with van der Waals surface area (Å²) in [5.74, 6) is 1.34. The summed E-state index contributed by atoms with van der Waals surface area (Å²) in [4.78, 5) is 13.1. The summed E-state index contributed by atoms with van der Waals surface area (Å²) in [5.41, 5.74) is 0.509. The van der Waals surface area contributed by atoms with Crippen LogP contribution in [0.2, 0.25) is 0 Å². The zero-order valence-electron chi connectivity index (χ0n) is 15.9. The lowest BCUT2D eigenvalue weighted by atomic mass is 10.1. The van der Waals surface area contributed by atoms with Gasteiger partial charge in [0.1, 0.15) is 22.6 Å². The second-order valence-corrected chi connectivity index (χ2v) is 6.90. The molecule has 0 atom stereocenters. The molecule has 1 heterocycles. The van der Waals surface area contributed by atoms with Crippen molar-refractivity contribution >= 4 is 33.6 Å². The van der Waals surface area contributed by atoms with E-state index in [-0.39, 0.29) is 29.1 Å². The van der Waals surface area contributed by atoms with Gasteiger partial charge in [0.2, 0.25) is 11.2 Å². The highest BCUT2D eigenvalue weighted by Crippen LogP contribution is 2.39. The van der Waals surface area contributed by atoms with Crippen molar-refractivity contribution in [1.82, 2.24) is 0 Å². The molecule has 3 rings (SSSR count). The fraction of sp³-hybridized carbons (Fsp3) is 0.286. The van der Waals surface area contributed by atoms with E-state index in [1.165, 1.54) is 6.07 Å². The third-order valence-corrected chi connectivity index (χ3v) is 5.05. The van der Waals surface area contributed by atoms with Gasteiger partial charge in [-0.3, -0.25) is 4.79 Å². The van der Waals surface area contributed by atoms with E-state index in [2.05, 4.69) is 22.6 Å². The quantitative estimate of drug-likeness (QED) is 0.466. The molecule has 0 radical (unpaired) electrons. The Kier molecular flexibility index (Phi) is 6.33. The van der Waals surface area contributed by atoms with E-state index in [1.807, 2.05) is 13.8 Å². The smallest absolute Gasteiger partial charge is 0.239 e. The summed E-state index contributed by atoms with van der Waals surface area (Å²) in [6, 6.07) is 8.64. The van der Waals surface area contributed by atoms with Crippen LogP contribution < -0.4 is 19.6 Å². The first-order valence-electron chi connectivity index (χ1n) is 9.02. The molecule has 7 heteroatoms. The number of halogens is 1. The topological polar surface area (TPSA) is 78.1 Å². The Morgan fingerprint density at radius 3 is 2.25 bits per heavy atom. The maximum atomic E-state index is 13.1. The summed E-state index contributed by atoms with van der Waals surface area (Å²) in [6.45, 7) is 6.81. The number of phenolic OH excluding ortho intramolecular Hbond substituents is 1. The number of rotatable bonds is 7. The van der Waals surface area contributed by atoms with Gasteiger partial charge in [0.15, 0.2) is 11.3 Å². The molecule has 0 aliphatic carbocycles. The first-order valence-corrected chi connectivity index (χ1v) is 10.1. The van der Waals surface area contributed by atoms with Crippen LogP contribution in [0.1, 0.15) is 20.8 Å². The second-order valence-electron chi connectivity index (χ2n) is 5.82. The van der Waals surface area contributed by atoms with Crippen LogP contribution in [0.5, 0.6) is 23.0 Å². The van der Waals surface area contributed by atoms with E-state index in [0.717, 1.165) is 5.75 Å². The molecule has 0 saturated heterocycles. The average Bonchev–Trinajstić information content (AvgIpc) is 2.68. The molecule has 0 unspecified atom stereocenters. The summed E-state index contributed by atoms with van der Waals surface area (Å²) < 4.78 is 23.3. The fourth-order valence-corrected chi connectivity index (χ4v) is 3.56. The predicted molar refractivity (Wildman–Crippen MR) is 116 cm³/mol. The Bertz CT molecular complexity index is 1040. The minimum absolute atomic E-state index is 0.0643. The van der Waals surface area contributed by atoms with Crippen molar-refractivity contribution in [1.29, 1.82) is 0 Å². The highest BCUT2D eigenvalue weighted by molar-refractivity contribution is 14.1. The van der Waals surface area contributed by atoms with Crippen LogP contribution in [0, 0.1) is 3.57 Å². The van der Waals surface area contributed by atoms with Gasteiger partial charge in [-0.2, -0.15) is 0 Å². The molecule has 0 aliphatic heterocycles. The Hall–Kier alpha value is -2.42. The van der Waals surface area contributed by atoms with Crippen LogP contribution in [-0.2, 0) is 0 Å². The highest BCUT2D eigenvalue weighted by Gasteiger charge is 2.23. The van der Waals surface area contributed by atoms with Crippen LogP contribution in [0.4, 0.5) is 0 Å². The van der Waals surface area contributed by atoms with Crippen molar-refractivity contribution in [2.45, 2.75) is 20.8 Å². The van der Waals surface area contributed by atoms with E-state index in [4.69, 9.17) is 18.6 Å². The lowest BCUT2D eigenvalue weighted by molar-refractivity contribution is 0.327. The number of fused-ring (bicyclic) bond motifs is 1. The monoisotopic (exact) mass is 496 g/mol. The normalized spacial score (nSPS) is 10.9. The third kappa shape index (κ3) is 3.76. The molecule has 0 saturated carbocycles. The molecule has 28 heavy (non-hydrogen) atoms. The minimum Gasteiger partial charge on any atom is -0.507 e. The molecule has 0 aliphatic rings. The summed E-state index contributed by atoms with van der Waals surface area (Å²) in [6.07, 6.45) is 0. The molecule has 0 spiro atoms. The van der Waals surface area contributed by atoms with Crippen LogP contribution in [0.3, 0.4) is 0 Å². The maximum absolute atomic E-state index is 13.1. The summed E-state index contributed by atoms with van der Waals surface area (Å²) >= 11 is 2.05. The zero-order chi connectivity index (χ0) is 20.3. The maximum Gasteiger partial charge on any atom is 0.239 e. The lowest BCUT2D eigenvalue weighted by Crippen LogP contribution is -2.11. The summed E-state index contributed by atoms with van der Waals surface area (Å²) in [5, 5.41) is 10.5. The lowest BCUT2D eigenvalue weighted by Gasteiger charge is -2.14. The first-order chi connectivity index (χ1) is 13.5. The first kappa shape index (κ1) is 20.3. The molecule has 1 aromatic heterocycles. The summed E-state index contributed by atoms with van der Waals surface area (Å²) in [7, 11) is 0. The standard InChI is InChI=1S/C21H21IO6/c1-4-25-13-9-7-12(8-10-13)19-21(27-6-3)18(24)16-14(23)11-15(26-5-2)17(22)20(16)28-19/h7-11,23H,4-6H2,1-3H3. The molecule has 0 bridgehead atoms. The van der Waals surface area contributed by atoms with Crippen LogP contribution in [-0.4, -0.2) is 24.9 Å². The average molecular weight is 496 g/mol. The number of ether oxygens (including phenoxy) is 3. The molecular formula is C21H21IO6. The van der Waals surface area contributed by atoms with Gasteiger partial charge in [-0.05, 0) is 67.6 Å². The Morgan fingerprint density at radius 1 is 1.00 bits per heavy atom. The fourth-order valence-electron chi connectivity index (χ4n) is 2.87. The van der Waals surface area contributed by atoms with E-state index < -0.39 is 5.43 Å². The van der Waals surface area contributed by atoms with Gasteiger partial charge in [-0.1, -0.05) is 0 Å². The molecule has 6 nitrogen and oxygen atoms in total. The zero-order valence-corrected chi connectivity index (χ0v) is 18.0. The van der Waals surface area contributed by atoms with E-state index in [1.54, 1.807) is 31.2 Å². The van der Waals surface area contributed by atoms with Crippen molar-refractivity contribution in [3.05, 3.63) is 44.1 Å². The number of phenols is 1. The number of benzene rings is 2. The van der Waals surface area contributed by atoms with Crippen molar-refractivity contribution < 1.29 is 23.7 Å². The van der Waals surface area contributed by atoms with Gasteiger partial charge in [0, 0.05) is 11.6 Å². The van der Waals surface area contributed by atoms with Gasteiger partial charge < -0.3 is 23.7 Å². The van der Waals surface area contributed by atoms with Crippen LogP contribution in [0.15, 0.2) is 39.5 Å². The number of hydrogen-bond donors (Lipinski definition) is 1. The van der Waals surface area contributed by atoms with Crippen molar-refractivity contribution in [3.8, 4) is 34.3 Å². The highest BCUT2D eigenvalue weighted by atomic mass is 127. The molecule has 148 valence electrons. The van der Waals surface area contributed by atoms with Crippen LogP contribution >= 0.6 is 22.6 Å². The van der Waals surface area contributed by atoms with E-state index in [9.17, 15) is 9.90 Å². The minimum atomic E-state index is -0.426. The van der Waals surface area contributed by atoms with Crippen molar-refractivity contribution in [2.24, 2.45) is 0 Å². The molecule has 3 aromatic rings. The molecule has 0 amide bonds. The largest absolute Gasteiger partial charge is 0.507 e. The third-order valence-electron chi connectivity index (χ3n) is 4.03. The number of hydrogen-bond acceptors (Lipinski definition) is 6. The van der Waals surface area contributed by atoms with Gasteiger partial charge in [0.25, 0.3) is 0 Å². The molecule has 0 fully saturated rings. The Balaban J connectivity index is 2.29. The molecular weight excluding hydrogens is 475 g/mol. The van der Waals surface area contributed by atoms with Crippen molar-refractivity contribution in [2.75, 3.05) is 19.8 Å². The van der Waals surface area contributed by atoms with Gasteiger partial charge in [0.05, 0.1) is 23.4 Å². The molecule has 2 aromatic carbocycles. The Morgan fingerprint density at radius 2 is 1.64 bits per heavy atom. The van der Waals surface area contributed by atoms with Crippen molar-refractivity contribution in [3.63, 3.8) is 0 Å². The predicted octanol–water partition coefficient (Wildman–Crippen LogP) is 4.97. The number of aromatic hydroxyl groups is 1. The molecule has 1 N–H and O–H groups in total. The SMILES string of the molecule is CCOc1ccc(-c2oc3c(I)c(OCC)cc(O)c3c(=O)c2OCC)cc1. The van der Waals surface area contributed by atoms with Gasteiger partial charge in [-0.15, -0.1) is 0 Å².